The van der Waals surface area contributed by atoms with Gasteiger partial charge in [-0.2, -0.15) is 0 Å². The third kappa shape index (κ3) is 1.85. The van der Waals surface area contributed by atoms with Crippen LogP contribution in [0, 0.1) is 0 Å². The molecule has 2 unspecified atom stereocenters. The predicted molar refractivity (Wildman–Crippen MR) is 66.7 cm³/mol. The number of rotatable bonds is 3. The van der Waals surface area contributed by atoms with E-state index in [4.69, 9.17) is 4.74 Å². The Morgan fingerprint density at radius 1 is 1.44 bits per heavy atom. The molecule has 1 aromatic carbocycles. The first kappa shape index (κ1) is 11.2. The van der Waals surface area contributed by atoms with Crippen LogP contribution < -0.4 is 10.1 Å². The summed E-state index contributed by atoms with van der Waals surface area (Å²) in [5, 5.41) is 3.53. The first-order valence-corrected chi connectivity index (χ1v) is 5.71. The highest BCUT2D eigenvalue weighted by atomic mass is 16.5. The Hall–Kier alpha value is -1.28. The second kappa shape index (κ2) is 3.95. The molecule has 0 radical (unpaired) electrons. The molecule has 1 aliphatic heterocycles. The summed E-state index contributed by atoms with van der Waals surface area (Å²) in [6.45, 7) is 10.1. The Kier molecular flexibility index (Phi) is 2.76. The summed E-state index contributed by atoms with van der Waals surface area (Å²) in [4.78, 5) is 0. The van der Waals surface area contributed by atoms with E-state index in [1.165, 1.54) is 5.56 Å². The van der Waals surface area contributed by atoms with Crippen molar-refractivity contribution in [3.63, 3.8) is 0 Å². The zero-order valence-electron chi connectivity index (χ0n) is 10.2. The van der Waals surface area contributed by atoms with Gasteiger partial charge in [0.25, 0.3) is 0 Å². The van der Waals surface area contributed by atoms with Crippen LogP contribution in [0.1, 0.15) is 32.4 Å². The van der Waals surface area contributed by atoms with Crippen LogP contribution in [0.4, 0.5) is 0 Å². The fourth-order valence-corrected chi connectivity index (χ4v) is 2.15. The lowest BCUT2D eigenvalue weighted by Gasteiger charge is -2.29. The Morgan fingerprint density at radius 2 is 2.12 bits per heavy atom. The second-order valence-corrected chi connectivity index (χ2v) is 4.87. The van der Waals surface area contributed by atoms with Gasteiger partial charge in [-0.3, -0.25) is 0 Å². The van der Waals surface area contributed by atoms with E-state index in [-0.39, 0.29) is 17.7 Å². The maximum absolute atomic E-state index is 5.96. The zero-order valence-corrected chi connectivity index (χ0v) is 10.2. The number of para-hydroxylation sites is 1. The molecule has 0 saturated heterocycles. The zero-order chi connectivity index (χ0) is 11.8. The van der Waals surface area contributed by atoms with Crippen molar-refractivity contribution in [1.29, 1.82) is 0 Å². The van der Waals surface area contributed by atoms with E-state index in [0.717, 1.165) is 5.75 Å². The van der Waals surface area contributed by atoms with E-state index in [0.29, 0.717) is 0 Å². The molecule has 2 heteroatoms. The van der Waals surface area contributed by atoms with E-state index in [1.54, 1.807) is 0 Å². The number of ether oxygens (including phenoxy) is 1. The van der Waals surface area contributed by atoms with Gasteiger partial charge in [0.05, 0.1) is 6.04 Å². The number of benzene rings is 1. The lowest BCUT2D eigenvalue weighted by molar-refractivity contribution is 0.0943. The average molecular weight is 217 g/mol. The largest absolute Gasteiger partial charge is 0.486 e. The van der Waals surface area contributed by atoms with E-state index < -0.39 is 0 Å². The monoisotopic (exact) mass is 217 g/mol. The van der Waals surface area contributed by atoms with Gasteiger partial charge >= 0.3 is 0 Å². The van der Waals surface area contributed by atoms with Crippen molar-refractivity contribution >= 4 is 0 Å². The topological polar surface area (TPSA) is 21.3 Å². The number of fused-ring (bicyclic) bond motifs is 1. The lowest BCUT2D eigenvalue weighted by Crippen LogP contribution is -2.42. The summed E-state index contributed by atoms with van der Waals surface area (Å²) in [6, 6.07) is 8.70. The molecule has 0 spiro atoms. The van der Waals surface area contributed by atoms with E-state index in [2.05, 4.69) is 44.8 Å². The van der Waals surface area contributed by atoms with E-state index >= 15 is 0 Å². The van der Waals surface area contributed by atoms with Gasteiger partial charge in [0, 0.05) is 11.6 Å². The fraction of sp³-hybridized carbons (Fsp3) is 0.429. The van der Waals surface area contributed by atoms with Gasteiger partial charge in [-0.1, -0.05) is 24.3 Å². The molecule has 2 atom stereocenters. The number of hydrogen-bond acceptors (Lipinski definition) is 2. The van der Waals surface area contributed by atoms with Crippen molar-refractivity contribution in [3.05, 3.63) is 42.5 Å². The lowest BCUT2D eigenvalue weighted by atomic mass is 9.94. The van der Waals surface area contributed by atoms with Gasteiger partial charge in [0.1, 0.15) is 11.4 Å². The van der Waals surface area contributed by atoms with Gasteiger partial charge in [-0.15, -0.1) is 6.58 Å². The molecule has 0 aromatic heterocycles. The smallest absolute Gasteiger partial charge is 0.125 e. The van der Waals surface area contributed by atoms with E-state index in [1.807, 2.05) is 18.2 Å². The molecular weight excluding hydrogens is 198 g/mol. The van der Waals surface area contributed by atoms with Gasteiger partial charge in [-0.05, 0) is 26.8 Å². The fourth-order valence-electron chi connectivity index (χ4n) is 2.15. The molecule has 0 saturated carbocycles. The number of nitrogens with one attached hydrogen (secondary N) is 1. The van der Waals surface area contributed by atoms with Gasteiger partial charge in [-0.25, -0.2) is 0 Å². The molecule has 1 aromatic rings. The molecule has 1 aliphatic rings. The highest BCUT2D eigenvalue weighted by Crippen LogP contribution is 2.42. The molecule has 86 valence electrons. The van der Waals surface area contributed by atoms with Crippen LogP contribution >= 0.6 is 0 Å². The van der Waals surface area contributed by atoms with Gasteiger partial charge in [0.2, 0.25) is 0 Å². The molecule has 0 amide bonds. The summed E-state index contributed by atoms with van der Waals surface area (Å²) in [5.41, 5.74) is 1.03. The molecule has 2 nitrogen and oxygen atoms in total. The van der Waals surface area contributed by atoms with Crippen LogP contribution in [0.5, 0.6) is 5.75 Å². The number of hydrogen-bond donors (Lipinski definition) is 1. The Balaban J connectivity index is 2.31. The molecule has 0 bridgehead atoms. The summed E-state index contributed by atoms with van der Waals surface area (Å²) >= 11 is 0. The van der Waals surface area contributed by atoms with Gasteiger partial charge < -0.3 is 10.1 Å². The standard InChI is InChI=1S/C14H19NO/c1-5-10(2)15-13-11-8-6-7-9-12(11)16-14(13,3)4/h5-10,13,15H,1H2,2-4H3. The van der Waals surface area contributed by atoms with Crippen molar-refractivity contribution in [2.45, 2.75) is 38.5 Å². The summed E-state index contributed by atoms with van der Waals surface area (Å²) in [5.74, 6) is 0.987. The summed E-state index contributed by atoms with van der Waals surface area (Å²) in [7, 11) is 0. The molecule has 0 fully saturated rings. The minimum Gasteiger partial charge on any atom is -0.486 e. The van der Waals surface area contributed by atoms with Crippen LogP contribution in [0.3, 0.4) is 0 Å². The second-order valence-electron chi connectivity index (χ2n) is 4.87. The third-order valence-electron chi connectivity index (χ3n) is 3.08. The molecule has 1 N–H and O–H groups in total. The molecule has 16 heavy (non-hydrogen) atoms. The van der Waals surface area contributed by atoms with Crippen molar-refractivity contribution in [2.75, 3.05) is 0 Å². The minimum absolute atomic E-state index is 0.207. The first-order valence-electron chi connectivity index (χ1n) is 5.71. The van der Waals surface area contributed by atoms with Crippen molar-refractivity contribution in [1.82, 2.24) is 5.32 Å². The normalized spacial score (nSPS) is 23.3. The molecular formula is C14H19NO. The van der Waals surface area contributed by atoms with Crippen LogP contribution in [-0.4, -0.2) is 11.6 Å². The molecule has 1 heterocycles. The SMILES string of the molecule is C=CC(C)NC1c2ccccc2OC1(C)C. The van der Waals surface area contributed by atoms with Crippen LogP contribution in [0.15, 0.2) is 36.9 Å². The van der Waals surface area contributed by atoms with Crippen LogP contribution in [0.2, 0.25) is 0 Å². The maximum Gasteiger partial charge on any atom is 0.125 e. The van der Waals surface area contributed by atoms with Crippen molar-refractivity contribution in [3.8, 4) is 5.75 Å². The predicted octanol–water partition coefficient (Wildman–Crippen LogP) is 3.06. The Labute approximate surface area is 97.3 Å². The average Bonchev–Trinajstić information content (AvgIpc) is 2.50. The highest BCUT2D eigenvalue weighted by molar-refractivity contribution is 5.42. The van der Waals surface area contributed by atoms with Crippen LogP contribution in [-0.2, 0) is 0 Å². The van der Waals surface area contributed by atoms with E-state index in [9.17, 15) is 0 Å². The Bertz CT molecular complexity index is 397. The molecule has 2 rings (SSSR count). The quantitative estimate of drug-likeness (QED) is 0.786. The van der Waals surface area contributed by atoms with Crippen molar-refractivity contribution in [2.24, 2.45) is 0 Å². The van der Waals surface area contributed by atoms with Crippen molar-refractivity contribution < 1.29 is 4.74 Å². The minimum atomic E-state index is -0.207. The molecule has 0 aliphatic carbocycles. The first-order chi connectivity index (χ1) is 7.54. The highest BCUT2D eigenvalue weighted by Gasteiger charge is 2.40. The van der Waals surface area contributed by atoms with Gasteiger partial charge in [0.15, 0.2) is 0 Å². The third-order valence-corrected chi connectivity index (χ3v) is 3.08. The summed E-state index contributed by atoms with van der Waals surface area (Å²) in [6.07, 6.45) is 1.91. The summed E-state index contributed by atoms with van der Waals surface area (Å²) < 4.78 is 5.96. The van der Waals surface area contributed by atoms with Crippen LogP contribution in [0.25, 0.3) is 0 Å². The Morgan fingerprint density at radius 3 is 2.81 bits per heavy atom. The maximum atomic E-state index is 5.96.